The quantitative estimate of drug-likeness (QED) is 0.411. The number of likely N-dealkylation sites (N-methyl/N-ethyl adjacent to an activating group) is 1. The Morgan fingerprint density at radius 2 is 1.88 bits per heavy atom. The summed E-state index contributed by atoms with van der Waals surface area (Å²) in [6, 6.07) is 12.5. The van der Waals surface area contributed by atoms with E-state index in [1.165, 1.54) is 0 Å². The number of likely N-dealkylation sites (tertiary alicyclic amines) is 1. The Labute approximate surface area is 194 Å². The third kappa shape index (κ3) is 4.15. The molecule has 0 bridgehead atoms. The molecule has 1 unspecified atom stereocenters. The number of rotatable bonds is 6. The van der Waals surface area contributed by atoms with Crippen LogP contribution in [0, 0.1) is 0 Å². The predicted molar refractivity (Wildman–Crippen MR) is 130 cm³/mol. The fourth-order valence-electron chi connectivity index (χ4n) is 4.39. The number of carbonyl (C=O) groups excluding carboxylic acids is 2. The normalized spacial score (nSPS) is 19.5. The standard InChI is InChI=1S/C26H31N3O4/c1-5-6-13-29-23(17-7-10-19(11-8-17)27(2)3)22(25(31)26(29)32)24(30)18-9-12-21-20(16-18)28(4)14-15-33-21/h7-12,16,23,30H,5-6,13-15H2,1-4H3/b24-22-. The van der Waals surface area contributed by atoms with Crippen LogP contribution in [-0.4, -0.2) is 62.5 Å². The zero-order valence-electron chi connectivity index (χ0n) is 19.7. The molecule has 2 aromatic rings. The van der Waals surface area contributed by atoms with Gasteiger partial charge in [-0.25, -0.2) is 0 Å². The molecule has 0 spiro atoms. The molecule has 0 aliphatic carbocycles. The van der Waals surface area contributed by atoms with Crippen molar-refractivity contribution in [1.82, 2.24) is 4.90 Å². The van der Waals surface area contributed by atoms with Crippen molar-refractivity contribution in [2.45, 2.75) is 25.8 Å². The minimum Gasteiger partial charge on any atom is -0.507 e. The molecule has 0 saturated carbocycles. The third-order valence-corrected chi connectivity index (χ3v) is 6.35. The van der Waals surface area contributed by atoms with Crippen molar-refractivity contribution in [3.8, 4) is 5.75 Å². The zero-order valence-corrected chi connectivity index (χ0v) is 19.7. The number of unbranched alkanes of at least 4 members (excludes halogenated alkanes) is 1. The van der Waals surface area contributed by atoms with E-state index in [0.29, 0.717) is 18.7 Å². The van der Waals surface area contributed by atoms with E-state index in [9.17, 15) is 14.7 Å². The Balaban J connectivity index is 1.82. The van der Waals surface area contributed by atoms with E-state index in [-0.39, 0.29) is 11.3 Å². The van der Waals surface area contributed by atoms with Crippen LogP contribution < -0.4 is 14.5 Å². The van der Waals surface area contributed by atoms with Gasteiger partial charge in [-0.05, 0) is 42.3 Å². The van der Waals surface area contributed by atoms with Crippen LogP contribution in [0.25, 0.3) is 5.76 Å². The van der Waals surface area contributed by atoms with Gasteiger partial charge in [0.25, 0.3) is 11.7 Å². The summed E-state index contributed by atoms with van der Waals surface area (Å²) in [4.78, 5) is 31.8. The molecule has 174 valence electrons. The smallest absolute Gasteiger partial charge is 0.295 e. The van der Waals surface area contributed by atoms with Gasteiger partial charge in [0.2, 0.25) is 0 Å². The lowest BCUT2D eigenvalue weighted by Crippen LogP contribution is -2.30. The average Bonchev–Trinajstić information content (AvgIpc) is 3.07. The summed E-state index contributed by atoms with van der Waals surface area (Å²) in [6.45, 7) is 3.83. The van der Waals surface area contributed by atoms with Crippen LogP contribution in [-0.2, 0) is 9.59 Å². The van der Waals surface area contributed by atoms with E-state index in [1.807, 2.05) is 68.2 Å². The number of aliphatic hydroxyl groups is 1. The van der Waals surface area contributed by atoms with Crippen molar-refractivity contribution in [2.24, 2.45) is 0 Å². The molecule has 1 atom stereocenters. The van der Waals surface area contributed by atoms with Crippen molar-refractivity contribution in [3.63, 3.8) is 0 Å². The highest BCUT2D eigenvalue weighted by Gasteiger charge is 2.45. The van der Waals surface area contributed by atoms with Gasteiger partial charge in [-0.3, -0.25) is 9.59 Å². The van der Waals surface area contributed by atoms with Gasteiger partial charge in [0, 0.05) is 38.9 Å². The Hall–Kier alpha value is -3.48. The van der Waals surface area contributed by atoms with E-state index < -0.39 is 17.7 Å². The summed E-state index contributed by atoms with van der Waals surface area (Å²) >= 11 is 0. The number of Topliss-reactive ketones (excluding diaryl/α,β-unsaturated/α-hetero) is 1. The molecule has 7 heteroatoms. The lowest BCUT2D eigenvalue weighted by atomic mass is 9.94. The van der Waals surface area contributed by atoms with Crippen molar-refractivity contribution in [3.05, 3.63) is 59.2 Å². The molecule has 7 nitrogen and oxygen atoms in total. The topological polar surface area (TPSA) is 73.3 Å². The number of fused-ring (bicyclic) bond motifs is 1. The third-order valence-electron chi connectivity index (χ3n) is 6.35. The fraction of sp³-hybridized carbons (Fsp3) is 0.385. The van der Waals surface area contributed by atoms with Crippen molar-refractivity contribution >= 4 is 28.8 Å². The zero-order chi connectivity index (χ0) is 23.7. The first-order valence-corrected chi connectivity index (χ1v) is 11.4. The van der Waals surface area contributed by atoms with Crippen molar-refractivity contribution in [2.75, 3.05) is 50.6 Å². The summed E-state index contributed by atoms with van der Waals surface area (Å²) in [6.07, 6.45) is 1.67. The highest BCUT2D eigenvalue weighted by atomic mass is 16.5. The van der Waals surface area contributed by atoms with Gasteiger partial charge >= 0.3 is 0 Å². The van der Waals surface area contributed by atoms with Crippen LogP contribution in [0.2, 0.25) is 0 Å². The molecular weight excluding hydrogens is 418 g/mol. The second-order valence-electron chi connectivity index (χ2n) is 8.78. The van der Waals surface area contributed by atoms with Gasteiger partial charge in [0.1, 0.15) is 18.1 Å². The molecule has 2 aromatic carbocycles. The van der Waals surface area contributed by atoms with Gasteiger partial charge in [-0.15, -0.1) is 0 Å². The highest BCUT2D eigenvalue weighted by molar-refractivity contribution is 6.46. The van der Waals surface area contributed by atoms with Crippen molar-refractivity contribution in [1.29, 1.82) is 0 Å². The number of aliphatic hydroxyl groups excluding tert-OH is 1. The first kappa shape index (κ1) is 22.7. The molecule has 2 aliphatic heterocycles. The molecule has 2 aliphatic rings. The van der Waals surface area contributed by atoms with E-state index >= 15 is 0 Å². The maximum absolute atomic E-state index is 13.2. The number of nitrogens with zero attached hydrogens (tertiary/aromatic N) is 3. The number of carbonyl (C=O) groups is 2. The maximum Gasteiger partial charge on any atom is 0.295 e. The first-order chi connectivity index (χ1) is 15.8. The minimum atomic E-state index is -0.646. The van der Waals surface area contributed by atoms with Gasteiger partial charge in [0.05, 0.1) is 23.8 Å². The molecule has 1 saturated heterocycles. The molecule has 33 heavy (non-hydrogen) atoms. The van der Waals surface area contributed by atoms with Gasteiger partial charge in [0.15, 0.2) is 0 Å². The summed E-state index contributed by atoms with van der Waals surface area (Å²) < 4.78 is 5.70. The molecule has 1 amide bonds. The number of benzene rings is 2. The summed E-state index contributed by atoms with van der Waals surface area (Å²) in [5.41, 5.74) is 3.29. The molecule has 0 aromatic heterocycles. The second-order valence-corrected chi connectivity index (χ2v) is 8.78. The Morgan fingerprint density at radius 3 is 2.55 bits per heavy atom. The van der Waals surface area contributed by atoms with Crippen LogP contribution in [0.4, 0.5) is 11.4 Å². The number of hydrogen-bond donors (Lipinski definition) is 1. The molecular formula is C26H31N3O4. The van der Waals surface area contributed by atoms with Crippen LogP contribution in [0.5, 0.6) is 5.75 Å². The Bertz CT molecular complexity index is 1090. The largest absolute Gasteiger partial charge is 0.507 e. The first-order valence-electron chi connectivity index (χ1n) is 11.4. The van der Waals surface area contributed by atoms with Gasteiger partial charge < -0.3 is 24.5 Å². The minimum absolute atomic E-state index is 0.132. The van der Waals surface area contributed by atoms with E-state index in [4.69, 9.17) is 4.74 Å². The van der Waals surface area contributed by atoms with Crippen molar-refractivity contribution < 1.29 is 19.4 Å². The predicted octanol–water partition coefficient (Wildman–Crippen LogP) is 3.80. The second kappa shape index (κ2) is 9.17. The molecule has 1 N–H and O–H groups in total. The number of hydrogen-bond acceptors (Lipinski definition) is 6. The SMILES string of the molecule is CCCCN1C(=O)C(=O)/C(=C(\O)c2ccc3c(c2)N(C)CCO3)C1c1ccc(N(C)C)cc1. The number of ketones is 1. The fourth-order valence-corrected chi connectivity index (χ4v) is 4.39. The van der Waals surface area contributed by atoms with E-state index in [0.717, 1.165) is 42.1 Å². The summed E-state index contributed by atoms with van der Waals surface area (Å²) in [7, 11) is 5.87. The molecule has 1 fully saturated rings. The van der Waals surface area contributed by atoms with Crippen LogP contribution >= 0.6 is 0 Å². The van der Waals surface area contributed by atoms with Crippen LogP contribution in [0.3, 0.4) is 0 Å². The van der Waals surface area contributed by atoms with Crippen LogP contribution in [0.1, 0.15) is 36.9 Å². The highest BCUT2D eigenvalue weighted by Crippen LogP contribution is 2.41. The number of ether oxygens (including phenoxy) is 1. The van der Waals surface area contributed by atoms with E-state index in [1.54, 1.807) is 17.0 Å². The number of amides is 1. The van der Waals surface area contributed by atoms with Gasteiger partial charge in [-0.1, -0.05) is 25.5 Å². The number of anilines is 2. The Morgan fingerprint density at radius 1 is 1.15 bits per heavy atom. The average molecular weight is 450 g/mol. The monoisotopic (exact) mass is 449 g/mol. The molecule has 2 heterocycles. The summed E-state index contributed by atoms with van der Waals surface area (Å²) in [5, 5.41) is 11.3. The van der Waals surface area contributed by atoms with Gasteiger partial charge in [-0.2, -0.15) is 0 Å². The lowest BCUT2D eigenvalue weighted by molar-refractivity contribution is -0.139. The maximum atomic E-state index is 13.2. The molecule has 0 radical (unpaired) electrons. The lowest BCUT2D eigenvalue weighted by Gasteiger charge is -2.28. The van der Waals surface area contributed by atoms with E-state index in [2.05, 4.69) is 0 Å². The summed E-state index contributed by atoms with van der Waals surface area (Å²) in [5.74, 6) is -0.631. The molecule has 4 rings (SSSR count). The Kier molecular flexibility index (Phi) is 6.31. The van der Waals surface area contributed by atoms with Crippen LogP contribution in [0.15, 0.2) is 48.0 Å².